The number of allylic oxidation sites excluding steroid dienone is 1. The number of nitrogens with one attached hydrogen (secondary N) is 3. The van der Waals surface area contributed by atoms with Gasteiger partial charge in [0.25, 0.3) is 0 Å². The highest BCUT2D eigenvalue weighted by molar-refractivity contribution is 6.16. The van der Waals surface area contributed by atoms with Crippen LogP contribution in [0, 0.1) is 0 Å². The summed E-state index contributed by atoms with van der Waals surface area (Å²) in [7, 11) is 2.73. The zero-order chi connectivity index (χ0) is 21.3. The van der Waals surface area contributed by atoms with E-state index in [0.29, 0.717) is 22.7 Å². The molecule has 1 aliphatic heterocycles. The molecule has 0 aliphatic carbocycles. The number of alkyl carbamates (subject to hydrolysis) is 1. The Morgan fingerprint density at radius 1 is 1.13 bits per heavy atom. The first-order valence-corrected chi connectivity index (χ1v) is 8.88. The zero-order valence-electron chi connectivity index (χ0n) is 16.1. The van der Waals surface area contributed by atoms with Gasteiger partial charge in [-0.1, -0.05) is 0 Å². The molecule has 0 atom stereocenters. The molecule has 3 amide bonds. The molecular weight excluding hydrogens is 390 g/mol. The molecule has 1 aliphatic rings. The van der Waals surface area contributed by atoms with Crippen LogP contribution in [0.15, 0.2) is 48.4 Å². The van der Waals surface area contributed by atoms with Gasteiger partial charge in [0.1, 0.15) is 11.5 Å². The van der Waals surface area contributed by atoms with Gasteiger partial charge < -0.3 is 24.5 Å². The quantitative estimate of drug-likeness (QED) is 0.570. The van der Waals surface area contributed by atoms with Crippen molar-refractivity contribution in [2.45, 2.75) is 0 Å². The predicted octanol–water partition coefficient (Wildman–Crippen LogP) is 3.68. The first-order chi connectivity index (χ1) is 14.5. The number of hydrogen-bond donors (Lipinski definition) is 3. The number of hydrogen-bond acceptors (Lipinski definition) is 6. The fraction of sp³-hybridized carbons (Fsp3) is 0.0952. The summed E-state index contributed by atoms with van der Waals surface area (Å²) in [6.45, 7) is 0. The number of rotatable bonds is 3. The Kier molecular flexibility index (Phi) is 4.85. The van der Waals surface area contributed by atoms with E-state index in [9.17, 15) is 14.4 Å². The number of ether oxygens (including phenoxy) is 3. The smallest absolute Gasteiger partial charge is 0.415 e. The summed E-state index contributed by atoms with van der Waals surface area (Å²) < 4.78 is 15.3. The van der Waals surface area contributed by atoms with Gasteiger partial charge in [0.2, 0.25) is 5.78 Å². The van der Waals surface area contributed by atoms with Crippen LogP contribution in [0.5, 0.6) is 11.5 Å². The van der Waals surface area contributed by atoms with Crippen molar-refractivity contribution in [3.05, 3.63) is 59.5 Å². The highest BCUT2D eigenvalue weighted by Crippen LogP contribution is 2.35. The van der Waals surface area contributed by atoms with E-state index in [4.69, 9.17) is 9.47 Å². The Balaban J connectivity index is 1.58. The lowest BCUT2D eigenvalue weighted by Crippen LogP contribution is -2.34. The molecule has 0 bridgehead atoms. The molecule has 0 saturated carbocycles. The number of benzene rings is 2. The van der Waals surface area contributed by atoms with Crippen molar-refractivity contribution in [3.8, 4) is 11.5 Å². The summed E-state index contributed by atoms with van der Waals surface area (Å²) >= 11 is 0. The largest absolute Gasteiger partial charge is 0.497 e. The molecule has 1 aromatic heterocycles. The van der Waals surface area contributed by atoms with E-state index < -0.39 is 12.1 Å². The van der Waals surface area contributed by atoms with E-state index in [1.54, 1.807) is 31.5 Å². The third-order valence-electron chi connectivity index (χ3n) is 4.53. The molecule has 9 heteroatoms. The molecule has 0 fully saturated rings. The van der Waals surface area contributed by atoms with Gasteiger partial charge in [0.05, 0.1) is 19.8 Å². The van der Waals surface area contributed by atoms with Gasteiger partial charge in [-0.3, -0.25) is 4.79 Å². The van der Waals surface area contributed by atoms with Gasteiger partial charge in [-0.2, -0.15) is 0 Å². The zero-order valence-corrected chi connectivity index (χ0v) is 16.1. The minimum absolute atomic E-state index is 0.157. The standard InChI is InChI=1S/C21H17N3O6/c1-28-13-4-5-16-14(9-13)11(10-22-16)7-18-19(25)15-8-12(3-6-17(15)30-18)23-20(26)24-21(27)29-2/h3-10,22H,1-2H3,(H2,23,24,26,27). The van der Waals surface area contributed by atoms with Gasteiger partial charge in [0, 0.05) is 28.4 Å². The van der Waals surface area contributed by atoms with Crippen molar-refractivity contribution in [1.82, 2.24) is 10.3 Å². The fourth-order valence-corrected chi connectivity index (χ4v) is 3.08. The van der Waals surface area contributed by atoms with Crippen LogP contribution in [0.4, 0.5) is 15.3 Å². The molecule has 0 unspecified atom stereocenters. The van der Waals surface area contributed by atoms with Crippen LogP contribution in [0.2, 0.25) is 0 Å². The fourth-order valence-electron chi connectivity index (χ4n) is 3.08. The number of anilines is 1. The molecule has 152 valence electrons. The van der Waals surface area contributed by atoms with Crippen LogP contribution < -0.4 is 20.1 Å². The monoisotopic (exact) mass is 407 g/mol. The van der Waals surface area contributed by atoms with Crippen molar-refractivity contribution in [1.29, 1.82) is 0 Å². The van der Waals surface area contributed by atoms with Crippen molar-refractivity contribution in [2.24, 2.45) is 0 Å². The first-order valence-electron chi connectivity index (χ1n) is 8.88. The SMILES string of the molecule is COC(=O)NC(=O)Nc1ccc2c(c1)C(=O)C(=Cc1c[nH]c3ccc(OC)cc13)O2. The van der Waals surface area contributed by atoms with E-state index in [1.165, 1.54) is 6.07 Å². The average molecular weight is 407 g/mol. The number of carbonyl (C=O) groups is 3. The van der Waals surface area contributed by atoms with E-state index >= 15 is 0 Å². The third-order valence-corrected chi connectivity index (χ3v) is 4.53. The number of methoxy groups -OCH3 is 2. The first kappa shape index (κ1) is 19.1. The minimum atomic E-state index is -0.895. The van der Waals surface area contributed by atoms with Crippen LogP contribution in [0.25, 0.3) is 17.0 Å². The number of imide groups is 1. The second-order valence-corrected chi connectivity index (χ2v) is 6.38. The summed E-state index contributed by atoms with van der Waals surface area (Å²) in [4.78, 5) is 38.8. The maximum Gasteiger partial charge on any atom is 0.415 e. The lowest BCUT2D eigenvalue weighted by atomic mass is 10.1. The average Bonchev–Trinajstić information content (AvgIpc) is 3.28. The third kappa shape index (κ3) is 3.55. The second kappa shape index (κ2) is 7.63. The maximum absolute atomic E-state index is 12.8. The molecular formula is C21H17N3O6. The molecule has 0 spiro atoms. The van der Waals surface area contributed by atoms with Gasteiger partial charge in [-0.25, -0.2) is 14.9 Å². The lowest BCUT2D eigenvalue weighted by molar-refractivity contribution is 0.101. The van der Waals surface area contributed by atoms with E-state index in [0.717, 1.165) is 23.6 Å². The topological polar surface area (TPSA) is 119 Å². The van der Waals surface area contributed by atoms with Gasteiger partial charge >= 0.3 is 12.1 Å². The Morgan fingerprint density at radius 2 is 1.97 bits per heavy atom. The molecule has 30 heavy (non-hydrogen) atoms. The van der Waals surface area contributed by atoms with Crippen LogP contribution >= 0.6 is 0 Å². The Morgan fingerprint density at radius 3 is 2.73 bits per heavy atom. The highest BCUT2D eigenvalue weighted by atomic mass is 16.5. The lowest BCUT2D eigenvalue weighted by Gasteiger charge is -2.06. The van der Waals surface area contributed by atoms with E-state index in [-0.39, 0.29) is 11.5 Å². The van der Waals surface area contributed by atoms with Crippen molar-refractivity contribution >= 4 is 40.6 Å². The number of fused-ring (bicyclic) bond motifs is 2. The summed E-state index contributed by atoms with van der Waals surface area (Å²) in [6, 6.07) is 9.42. The summed E-state index contributed by atoms with van der Waals surface area (Å²) in [5.74, 6) is 0.913. The molecule has 2 aromatic carbocycles. The Bertz CT molecular complexity index is 1210. The summed E-state index contributed by atoms with van der Waals surface area (Å²) in [5, 5.41) is 5.31. The van der Waals surface area contributed by atoms with Gasteiger partial charge in [-0.15, -0.1) is 0 Å². The number of aromatic amines is 1. The molecule has 3 N–H and O–H groups in total. The van der Waals surface area contributed by atoms with E-state index in [2.05, 4.69) is 15.0 Å². The number of urea groups is 1. The minimum Gasteiger partial charge on any atom is -0.497 e. The van der Waals surface area contributed by atoms with Crippen LogP contribution in [-0.2, 0) is 4.74 Å². The predicted molar refractivity (Wildman–Crippen MR) is 109 cm³/mol. The summed E-state index contributed by atoms with van der Waals surface area (Å²) in [6.07, 6.45) is 2.53. The molecule has 9 nitrogen and oxygen atoms in total. The molecule has 0 radical (unpaired) electrons. The number of H-pyrrole nitrogens is 1. The summed E-state index contributed by atoms with van der Waals surface area (Å²) in [5.41, 5.74) is 2.30. The number of aromatic nitrogens is 1. The van der Waals surface area contributed by atoms with E-state index in [1.807, 2.05) is 23.5 Å². The Labute approximate surface area is 170 Å². The molecule has 4 rings (SSSR count). The molecule has 2 heterocycles. The van der Waals surface area contributed by atoms with Gasteiger partial charge in [0.15, 0.2) is 5.76 Å². The number of carbonyl (C=O) groups excluding carboxylic acids is 3. The normalized spacial score (nSPS) is 13.7. The Hall–Kier alpha value is -4.27. The number of ketones is 1. The van der Waals surface area contributed by atoms with Gasteiger partial charge in [-0.05, 0) is 42.5 Å². The van der Waals surface area contributed by atoms with Crippen LogP contribution in [0.3, 0.4) is 0 Å². The van der Waals surface area contributed by atoms with Crippen molar-refractivity contribution < 1.29 is 28.6 Å². The highest BCUT2D eigenvalue weighted by Gasteiger charge is 2.28. The maximum atomic E-state index is 12.8. The van der Waals surface area contributed by atoms with Crippen LogP contribution in [-0.4, -0.2) is 37.1 Å². The van der Waals surface area contributed by atoms with Crippen molar-refractivity contribution in [2.75, 3.05) is 19.5 Å². The number of Topliss-reactive ketones (excluding diaryl/α,β-unsaturated/α-hetero) is 1. The second-order valence-electron chi connectivity index (χ2n) is 6.38. The van der Waals surface area contributed by atoms with Crippen molar-refractivity contribution in [3.63, 3.8) is 0 Å². The molecule has 0 saturated heterocycles. The number of amides is 3. The molecule has 3 aromatic rings. The van der Waals surface area contributed by atoms with Crippen LogP contribution in [0.1, 0.15) is 15.9 Å².